The number of hydrogen-bond donors (Lipinski definition) is 1. The SMILES string of the molecule is CCCNC(=O)[C@@H]1CCC(=O)N(CC)[C@H]1c1ccccc1OC. The smallest absolute Gasteiger partial charge is 0.225 e. The van der Waals surface area contributed by atoms with Crippen molar-refractivity contribution in [2.24, 2.45) is 5.92 Å². The largest absolute Gasteiger partial charge is 0.496 e. The molecule has 2 rings (SSSR count). The molecule has 5 heteroatoms. The number of likely N-dealkylation sites (tertiary alicyclic amines) is 1. The summed E-state index contributed by atoms with van der Waals surface area (Å²) in [5, 5.41) is 2.98. The van der Waals surface area contributed by atoms with Gasteiger partial charge in [-0.2, -0.15) is 0 Å². The van der Waals surface area contributed by atoms with Gasteiger partial charge in [-0.1, -0.05) is 25.1 Å². The van der Waals surface area contributed by atoms with Gasteiger partial charge in [-0.15, -0.1) is 0 Å². The fourth-order valence-corrected chi connectivity index (χ4v) is 3.28. The monoisotopic (exact) mass is 318 g/mol. The van der Waals surface area contributed by atoms with Gasteiger partial charge in [0.2, 0.25) is 11.8 Å². The highest BCUT2D eigenvalue weighted by atomic mass is 16.5. The van der Waals surface area contributed by atoms with Gasteiger partial charge in [0.15, 0.2) is 0 Å². The van der Waals surface area contributed by atoms with Crippen LogP contribution < -0.4 is 10.1 Å². The van der Waals surface area contributed by atoms with E-state index in [1.54, 1.807) is 12.0 Å². The number of nitrogens with one attached hydrogen (secondary N) is 1. The fourth-order valence-electron chi connectivity index (χ4n) is 3.28. The summed E-state index contributed by atoms with van der Waals surface area (Å²) < 4.78 is 5.47. The summed E-state index contributed by atoms with van der Waals surface area (Å²) in [5.41, 5.74) is 0.904. The number of hydrogen-bond acceptors (Lipinski definition) is 3. The Morgan fingerprint density at radius 1 is 1.35 bits per heavy atom. The summed E-state index contributed by atoms with van der Waals surface area (Å²) in [6.07, 6.45) is 1.89. The van der Waals surface area contributed by atoms with Crippen molar-refractivity contribution in [1.82, 2.24) is 10.2 Å². The van der Waals surface area contributed by atoms with Crippen LogP contribution in [0.2, 0.25) is 0 Å². The number of carbonyl (C=O) groups excluding carboxylic acids is 2. The molecule has 126 valence electrons. The maximum atomic E-state index is 12.6. The highest BCUT2D eigenvalue weighted by molar-refractivity contribution is 5.85. The first-order chi connectivity index (χ1) is 11.1. The van der Waals surface area contributed by atoms with Crippen LogP contribution in [0.4, 0.5) is 0 Å². The van der Waals surface area contributed by atoms with Gasteiger partial charge < -0.3 is 15.0 Å². The van der Waals surface area contributed by atoms with Crippen LogP contribution in [-0.4, -0.2) is 36.9 Å². The molecule has 1 aromatic rings. The Balaban J connectivity index is 2.40. The first kappa shape index (κ1) is 17.3. The standard InChI is InChI=1S/C18H26N2O3/c1-4-12-19-18(22)14-10-11-16(21)20(5-2)17(14)13-8-6-7-9-15(13)23-3/h6-9,14,17H,4-5,10-12H2,1-3H3,(H,19,22)/t14-,17+/m1/s1. The van der Waals surface area contributed by atoms with E-state index in [1.807, 2.05) is 38.1 Å². The van der Waals surface area contributed by atoms with E-state index in [0.717, 1.165) is 17.7 Å². The summed E-state index contributed by atoms with van der Waals surface area (Å²) >= 11 is 0. The number of para-hydroxylation sites is 1. The number of benzene rings is 1. The second-order valence-corrected chi connectivity index (χ2v) is 5.80. The van der Waals surface area contributed by atoms with Crippen molar-refractivity contribution in [2.75, 3.05) is 20.2 Å². The second kappa shape index (κ2) is 7.99. The maximum Gasteiger partial charge on any atom is 0.225 e. The zero-order chi connectivity index (χ0) is 16.8. The minimum atomic E-state index is -0.269. The lowest BCUT2D eigenvalue weighted by Gasteiger charge is -2.40. The number of carbonyl (C=O) groups is 2. The molecule has 1 aliphatic rings. The minimum absolute atomic E-state index is 0.0220. The van der Waals surface area contributed by atoms with Gasteiger partial charge in [0.1, 0.15) is 5.75 Å². The van der Waals surface area contributed by atoms with Crippen molar-refractivity contribution in [3.8, 4) is 5.75 Å². The van der Waals surface area contributed by atoms with Crippen molar-refractivity contribution >= 4 is 11.8 Å². The van der Waals surface area contributed by atoms with Crippen LogP contribution in [0.5, 0.6) is 5.75 Å². The third kappa shape index (κ3) is 3.66. The molecule has 2 atom stereocenters. The summed E-state index contributed by atoms with van der Waals surface area (Å²) in [7, 11) is 1.62. The molecule has 0 saturated carbocycles. The zero-order valence-corrected chi connectivity index (χ0v) is 14.2. The zero-order valence-electron chi connectivity index (χ0n) is 14.2. The van der Waals surface area contributed by atoms with E-state index in [4.69, 9.17) is 4.74 Å². The van der Waals surface area contributed by atoms with E-state index >= 15 is 0 Å². The molecule has 1 aliphatic heterocycles. The molecule has 0 spiro atoms. The van der Waals surface area contributed by atoms with Crippen LogP contribution in [0.1, 0.15) is 44.7 Å². The Bertz CT molecular complexity index is 559. The lowest BCUT2D eigenvalue weighted by atomic mass is 9.83. The third-order valence-electron chi connectivity index (χ3n) is 4.39. The average Bonchev–Trinajstić information content (AvgIpc) is 2.59. The highest BCUT2D eigenvalue weighted by Gasteiger charge is 2.40. The first-order valence-electron chi connectivity index (χ1n) is 8.34. The lowest BCUT2D eigenvalue weighted by molar-refractivity contribution is -0.143. The molecule has 23 heavy (non-hydrogen) atoms. The van der Waals surface area contributed by atoms with Gasteiger partial charge in [-0.05, 0) is 25.8 Å². The van der Waals surface area contributed by atoms with Crippen LogP contribution in [0.15, 0.2) is 24.3 Å². The molecule has 0 bridgehead atoms. The Morgan fingerprint density at radius 3 is 2.74 bits per heavy atom. The molecule has 0 unspecified atom stereocenters. The van der Waals surface area contributed by atoms with Crippen molar-refractivity contribution < 1.29 is 14.3 Å². The molecule has 0 radical (unpaired) electrons. The molecule has 1 heterocycles. The normalized spacial score (nSPS) is 21.2. The number of nitrogens with zero attached hydrogens (tertiary/aromatic N) is 1. The summed E-state index contributed by atoms with van der Waals surface area (Å²) in [5.74, 6) is 0.603. The lowest BCUT2D eigenvalue weighted by Crippen LogP contribution is -2.48. The van der Waals surface area contributed by atoms with Crippen molar-refractivity contribution in [3.63, 3.8) is 0 Å². The Labute approximate surface area is 138 Å². The summed E-state index contributed by atoms with van der Waals surface area (Å²) in [6.45, 7) is 5.22. The van der Waals surface area contributed by atoms with Crippen LogP contribution >= 0.6 is 0 Å². The maximum absolute atomic E-state index is 12.6. The molecule has 0 aliphatic carbocycles. The van der Waals surface area contributed by atoms with E-state index in [9.17, 15) is 9.59 Å². The van der Waals surface area contributed by atoms with Crippen LogP contribution in [-0.2, 0) is 9.59 Å². The Kier molecular flexibility index (Phi) is 6.02. The van der Waals surface area contributed by atoms with Crippen molar-refractivity contribution in [2.45, 2.75) is 39.2 Å². The highest BCUT2D eigenvalue weighted by Crippen LogP contribution is 2.40. The Hall–Kier alpha value is -2.04. The van der Waals surface area contributed by atoms with E-state index in [1.165, 1.54) is 0 Å². The molecule has 1 saturated heterocycles. The number of ether oxygens (including phenoxy) is 1. The average molecular weight is 318 g/mol. The molecular weight excluding hydrogens is 292 g/mol. The summed E-state index contributed by atoms with van der Waals surface area (Å²) in [6, 6.07) is 7.38. The minimum Gasteiger partial charge on any atom is -0.496 e. The predicted molar refractivity (Wildman–Crippen MR) is 89.1 cm³/mol. The van der Waals surface area contributed by atoms with Gasteiger partial charge >= 0.3 is 0 Å². The van der Waals surface area contributed by atoms with E-state index in [2.05, 4.69) is 5.32 Å². The molecular formula is C18H26N2O3. The van der Waals surface area contributed by atoms with E-state index < -0.39 is 0 Å². The second-order valence-electron chi connectivity index (χ2n) is 5.80. The molecule has 1 fully saturated rings. The van der Waals surface area contributed by atoms with Gasteiger partial charge in [0.25, 0.3) is 0 Å². The Morgan fingerprint density at radius 2 is 2.09 bits per heavy atom. The third-order valence-corrected chi connectivity index (χ3v) is 4.39. The number of methoxy groups -OCH3 is 1. The number of rotatable bonds is 6. The van der Waals surface area contributed by atoms with Crippen molar-refractivity contribution in [3.05, 3.63) is 29.8 Å². The van der Waals surface area contributed by atoms with E-state index in [-0.39, 0.29) is 23.8 Å². The molecule has 5 nitrogen and oxygen atoms in total. The van der Waals surface area contributed by atoms with Crippen molar-refractivity contribution in [1.29, 1.82) is 0 Å². The van der Waals surface area contributed by atoms with Gasteiger partial charge in [0, 0.05) is 25.1 Å². The molecule has 0 aromatic heterocycles. The number of amides is 2. The van der Waals surface area contributed by atoms with Gasteiger partial charge in [-0.25, -0.2) is 0 Å². The van der Waals surface area contributed by atoms with Crippen LogP contribution in [0.3, 0.4) is 0 Å². The fraction of sp³-hybridized carbons (Fsp3) is 0.556. The number of piperidine rings is 1. The molecule has 2 amide bonds. The van der Waals surface area contributed by atoms with Gasteiger partial charge in [-0.3, -0.25) is 9.59 Å². The van der Waals surface area contributed by atoms with Crippen LogP contribution in [0, 0.1) is 5.92 Å². The molecule has 1 aromatic carbocycles. The summed E-state index contributed by atoms with van der Waals surface area (Å²) in [4.78, 5) is 26.8. The first-order valence-corrected chi connectivity index (χ1v) is 8.34. The van der Waals surface area contributed by atoms with E-state index in [0.29, 0.717) is 25.9 Å². The predicted octanol–water partition coefficient (Wildman–Crippen LogP) is 2.52. The van der Waals surface area contributed by atoms with Gasteiger partial charge in [0.05, 0.1) is 19.1 Å². The topological polar surface area (TPSA) is 58.6 Å². The van der Waals surface area contributed by atoms with Crippen LogP contribution in [0.25, 0.3) is 0 Å². The molecule has 1 N–H and O–H groups in total. The quantitative estimate of drug-likeness (QED) is 0.877.